The van der Waals surface area contributed by atoms with E-state index in [1.54, 1.807) is 6.92 Å². The van der Waals surface area contributed by atoms with Crippen LogP contribution >= 0.6 is 0 Å². The monoisotopic (exact) mass is 321 g/mol. The number of hydrogen-bond donors (Lipinski definition) is 1. The van der Waals surface area contributed by atoms with E-state index >= 15 is 0 Å². The van der Waals surface area contributed by atoms with E-state index in [4.69, 9.17) is 0 Å². The molecule has 0 bridgehead atoms. The first kappa shape index (κ1) is 8.72. The van der Waals surface area contributed by atoms with Gasteiger partial charge in [0.15, 0.2) is 0 Å². The van der Waals surface area contributed by atoms with Gasteiger partial charge in [-0.05, 0) is 0 Å². The summed E-state index contributed by atoms with van der Waals surface area (Å²) in [6.07, 6.45) is 2.64. The van der Waals surface area contributed by atoms with Crippen molar-refractivity contribution in [3.05, 3.63) is 0 Å². The summed E-state index contributed by atoms with van der Waals surface area (Å²) >= 11 is 1.45. The van der Waals surface area contributed by atoms with Crippen LogP contribution in [0.2, 0.25) is 0 Å². The Labute approximate surface area is 76.6 Å². The number of hydrogen-bond acceptors (Lipinski definition) is 4. The predicted octanol–water partition coefficient (Wildman–Crippen LogP) is 0.358. The summed E-state index contributed by atoms with van der Waals surface area (Å²) in [5, 5.41) is 7.63. The molecule has 2 unspecified atom stereocenters. The Morgan fingerprint density at radius 1 is 1.73 bits per heavy atom. The molecule has 0 saturated heterocycles. The van der Waals surface area contributed by atoms with Crippen LogP contribution in [0.15, 0.2) is 15.3 Å². The number of nitrogens with one attached hydrogen (secondary N) is 1. The van der Waals surface area contributed by atoms with Crippen LogP contribution in [0, 0.1) is 0 Å². The summed E-state index contributed by atoms with van der Waals surface area (Å²) in [5.74, 6) is 0. The molecule has 1 aliphatic heterocycles. The van der Waals surface area contributed by atoms with Gasteiger partial charge in [0, 0.05) is 0 Å². The van der Waals surface area contributed by atoms with Gasteiger partial charge in [-0.2, -0.15) is 0 Å². The number of nitrogens with zero attached hydrogens (tertiary/aromatic N) is 3. The minimum absolute atomic E-state index is 0.0856. The third-order valence-corrected chi connectivity index (χ3v) is 2.28. The average Bonchev–Trinajstić information content (AvgIpc) is 2.36. The third kappa shape index (κ3) is 2.03. The second kappa shape index (κ2) is 3.86. The van der Waals surface area contributed by atoms with Crippen molar-refractivity contribution in [1.29, 1.82) is 0 Å². The summed E-state index contributed by atoms with van der Waals surface area (Å²) in [6.45, 7) is 3.84. The molecule has 0 spiro atoms. The van der Waals surface area contributed by atoms with E-state index < -0.39 is 0 Å². The molecule has 0 fully saturated rings. The molecule has 0 amide bonds. The molecule has 5 heteroatoms. The van der Waals surface area contributed by atoms with Gasteiger partial charge in [-0.15, -0.1) is 0 Å². The van der Waals surface area contributed by atoms with Gasteiger partial charge in [-0.3, -0.25) is 0 Å². The number of aliphatic imine (C=N–C) groups is 1. The molecule has 1 rings (SSSR count). The van der Waals surface area contributed by atoms with Crippen molar-refractivity contribution in [1.82, 2.24) is 5.43 Å². The molecule has 0 aromatic carbocycles. The van der Waals surface area contributed by atoms with E-state index in [2.05, 4.69) is 33.9 Å². The molecular formula is C6H9N4W-. The van der Waals surface area contributed by atoms with Crippen molar-refractivity contribution in [2.75, 3.05) is 0 Å². The standard InChI is InChI=1S/C6H9N4.W/c1-3-5-6(7-4-2)9-10-8-5;/h5-6H,1-2H3,(H,8,9);/q-1;. The van der Waals surface area contributed by atoms with Crippen molar-refractivity contribution < 1.29 is 19.4 Å². The second-order valence-electron chi connectivity index (χ2n) is 2.20. The Morgan fingerprint density at radius 2 is 2.45 bits per heavy atom. The second-order valence-corrected chi connectivity index (χ2v) is 4.51. The summed E-state index contributed by atoms with van der Waals surface area (Å²) in [5.41, 5.74) is 2.90. The fourth-order valence-corrected chi connectivity index (χ4v) is 1.45. The Bertz CT molecular complexity index is 211. The molecule has 11 heavy (non-hydrogen) atoms. The minimum atomic E-state index is -0.0856. The van der Waals surface area contributed by atoms with Gasteiger partial charge in [-0.25, -0.2) is 0 Å². The molecule has 0 saturated carbocycles. The van der Waals surface area contributed by atoms with Gasteiger partial charge in [0.2, 0.25) is 0 Å². The summed E-state index contributed by atoms with van der Waals surface area (Å²) in [6, 6.07) is 0.192. The normalized spacial score (nSPS) is 29.3. The van der Waals surface area contributed by atoms with Crippen LogP contribution in [0.5, 0.6) is 0 Å². The van der Waals surface area contributed by atoms with Crippen molar-refractivity contribution >= 4 is 10.1 Å². The van der Waals surface area contributed by atoms with Crippen molar-refractivity contribution in [3.8, 4) is 0 Å². The Hall–Kier alpha value is -0.372. The molecule has 0 aliphatic carbocycles. The Kier molecular flexibility index (Phi) is 3.06. The first-order chi connectivity index (χ1) is 5.25. The fraction of sp³-hybridized carbons (Fsp3) is 0.667. The van der Waals surface area contributed by atoms with Crippen molar-refractivity contribution in [2.24, 2.45) is 15.3 Å². The summed E-state index contributed by atoms with van der Waals surface area (Å²) < 4.78 is 1.32. The Balaban J connectivity index is 2.63. The maximum atomic E-state index is 4.05. The molecule has 1 aliphatic rings. The van der Waals surface area contributed by atoms with E-state index in [1.165, 1.54) is 23.3 Å². The van der Waals surface area contributed by atoms with Crippen LogP contribution in [0.1, 0.15) is 13.8 Å². The SMILES string of the molecule is C[C-]=NC1N=NNC1[C](C)=[W]. The van der Waals surface area contributed by atoms with Crippen LogP contribution in [-0.4, -0.2) is 22.3 Å². The molecule has 2 atom stereocenters. The van der Waals surface area contributed by atoms with Crippen LogP contribution in [0.25, 0.3) is 0 Å². The van der Waals surface area contributed by atoms with Crippen LogP contribution in [-0.2, 0) is 19.4 Å². The fourth-order valence-electron chi connectivity index (χ4n) is 0.821. The van der Waals surface area contributed by atoms with Crippen molar-refractivity contribution in [2.45, 2.75) is 26.1 Å². The van der Waals surface area contributed by atoms with Crippen LogP contribution < -0.4 is 5.43 Å². The molecule has 0 aromatic rings. The Morgan fingerprint density at radius 3 is 3.00 bits per heavy atom. The zero-order valence-electron chi connectivity index (χ0n) is 6.40. The van der Waals surface area contributed by atoms with Crippen molar-refractivity contribution in [3.63, 3.8) is 0 Å². The van der Waals surface area contributed by atoms with E-state index in [0.29, 0.717) is 0 Å². The van der Waals surface area contributed by atoms with Crippen LogP contribution in [0.4, 0.5) is 0 Å². The molecule has 0 aromatic heterocycles. The molecule has 4 nitrogen and oxygen atoms in total. The topological polar surface area (TPSA) is 49.1 Å². The van der Waals surface area contributed by atoms with E-state index in [9.17, 15) is 0 Å². The van der Waals surface area contributed by atoms with Gasteiger partial charge in [0.25, 0.3) is 0 Å². The summed E-state index contributed by atoms with van der Waals surface area (Å²) in [7, 11) is 0. The van der Waals surface area contributed by atoms with E-state index in [1.807, 2.05) is 0 Å². The van der Waals surface area contributed by atoms with Gasteiger partial charge in [0.1, 0.15) is 0 Å². The average molecular weight is 321 g/mol. The van der Waals surface area contributed by atoms with Gasteiger partial charge in [-0.1, -0.05) is 0 Å². The zero-order valence-corrected chi connectivity index (χ0v) is 9.34. The quantitative estimate of drug-likeness (QED) is 0.579. The zero-order chi connectivity index (χ0) is 8.27. The molecular weight excluding hydrogens is 312 g/mol. The van der Waals surface area contributed by atoms with Crippen LogP contribution in [0.3, 0.4) is 0 Å². The first-order valence-corrected chi connectivity index (χ1v) is 4.75. The molecule has 0 radical (unpaired) electrons. The number of rotatable bonds is 2. The van der Waals surface area contributed by atoms with E-state index in [-0.39, 0.29) is 12.2 Å². The van der Waals surface area contributed by atoms with Gasteiger partial charge >= 0.3 is 76.3 Å². The molecule has 60 valence electrons. The molecule has 1 N–H and O–H groups in total. The van der Waals surface area contributed by atoms with E-state index in [0.717, 1.165) is 0 Å². The summed E-state index contributed by atoms with van der Waals surface area (Å²) in [4.78, 5) is 4.05. The predicted molar refractivity (Wildman–Crippen MR) is 39.4 cm³/mol. The third-order valence-electron chi connectivity index (χ3n) is 1.37. The van der Waals surface area contributed by atoms with Gasteiger partial charge < -0.3 is 0 Å². The molecule has 1 heterocycles. The maximum absolute atomic E-state index is 4.05. The van der Waals surface area contributed by atoms with Gasteiger partial charge in [0.05, 0.1) is 0 Å². The first-order valence-electron chi connectivity index (χ1n) is 3.28.